The zero-order valence-corrected chi connectivity index (χ0v) is 26.1. The van der Waals surface area contributed by atoms with Gasteiger partial charge in [-0.05, 0) is 66.4 Å². The van der Waals surface area contributed by atoms with E-state index in [2.05, 4.69) is 10.6 Å². The van der Waals surface area contributed by atoms with Gasteiger partial charge in [0.15, 0.2) is 6.61 Å². The molecule has 0 aliphatic carbocycles. The Hall–Kier alpha value is -4.97. The fourth-order valence-electron chi connectivity index (χ4n) is 6.05. The normalized spacial score (nSPS) is 20.4. The predicted molar refractivity (Wildman–Crippen MR) is 169 cm³/mol. The maximum Gasteiger partial charge on any atom is 0.258 e. The highest BCUT2D eigenvalue weighted by Crippen LogP contribution is 2.24. The van der Waals surface area contributed by atoms with Gasteiger partial charge in [0.1, 0.15) is 23.4 Å². The van der Waals surface area contributed by atoms with Crippen LogP contribution in [-0.4, -0.2) is 91.6 Å². The van der Waals surface area contributed by atoms with Gasteiger partial charge in [-0.2, -0.15) is 0 Å². The molecule has 0 saturated carbocycles. The van der Waals surface area contributed by atoms with Crippen LogP contribution in [-0.2, 0) is 27.3 Å². The third-order valence-electron chi connectivity index (χ3n) is 8.75. The summed E-state index contributed by atoms with van der Waals surface area (Å²) in [5.41, 5.74) is 1.94. The standard InChI is InChI=1S/C35H37FN4O7/c1-45-27-10-12-39(13-11-27)35(44)25-15-24-16-29(17-25)46-21-32(41)37-18-23-4-8-28(9-5-23)47-31-20-40(19-30(31)38-34(24)43)33(42)14-22-2-6-26(36)7-3-22/h2-9,15-17,27,30-31H,10-14,18-21H2,1H3,(H,37,41)(H,38,43)/t30-,31-/m0/s1. The summed E-state index contributed by atoms with van der Waals surface area (Å²) in [4.78, 5) is 56.6. The number of carbonyl (C=O) groups excluding carboxylic acids is 4. The number of halogens is 1. The van der Waals surface area contributed by atoms with Crippen molar-refractivity contribution in [2.45, 2.75) is 44.1 Å². The fourth-order valence-corrected chi connectivity index (χ4v) is 6.05. The van der Waals surface area contributed by atoms with Crippen LogP contribution in [0.15, 0.2) is 66.7 Å². The molecule has 2 saturated heterocycles. The zero-order chi connectivity index (χ0) is 32.9. The topological polar surface area (TPSA) is 127 Å². The number of ether oxygens (including phenoxy) is 3. The largest absolute Gasteiger partial charge is 0.486 e. The lowest BCUT2D eigenvalue weighted by molar-refractivity contribution is -0.129. The fraction of sp³-hybridized carbons (Fsp3) is 0.371. The van der Waals surface area contributed by atoms with Crippen LogP contribution in [0.2, 0.25) is 0 Å². The molecule has 11 nitrogen and oxygen atoms in total. The van der Waals surface area contributed by atoms with Gasteiger partial charge >= 0.3 is 0 Å². The van der Waals surface area contributed by atoms with Crippen molar-refractivity contribution >= 4 is 23.6 Å². The summed E-state index contributed by atoms with van der Waals surface area (Å²) >= 11 is 0. The van der Waals surface area contributed by atoms with E-state index in [1.54, 1.807) is 47.2 Å². The van der Waals surface area contributed by atoms with Gasteiger partial charge in [-0.15, -0.1) is 0 Å². The summed E-state index contributed by atoms with van der Waals surface area (Å²) in [6.45, 7) is 1.37. The van der Waals surface area contributed by atoms with Crippen LogP contribution >= 0.6 is 0 Å². The number of piperidine rings is 1. The summed E-state index contributed by atoms with van der Waals surface area (Å²) in [6, 6.07) is 16.9. The molecular formula is C35H37FN4O7. The number of rotatable bonds is 4. The smallest absolute Gasteiger partial charge is 0.258 e. The molecule has 0 spiro atoms. The first kappa shape index (κ1) is 32.0. The second-order valence-electron chi connectivity index (χ2n) is 12.0. The Morgan fingerprint density at radius 2 is 1.68 bits per heavy atom. The van der Waals surface area contributed by atoms with Crippen LogP contribution in [0, 0.1) is 5.82 Å². The van der Waals surface area contributed by atoms with Crippen molar-refractivity contribution in [1.29, 1.82) is 0 Å². The first-order valence-corrected chi connectivity index (χ1v) is 15.7. The molecule has 2 N–H and O–H groups in total. The molecule has 4 amide bonds. The number of fused-ring (bicyclic) bond motifs is 7. The van der Waals surface area contributed by atoms with E-state index in [-0.39, 0.29) is 79.2 Å². The minimum atomic E-state index is -0.588. The number of hydrogen-bond acceptors (Lipinski definition) is 7. The molecule has 2 fully saturated rings. The molecule has 47 heavy (non-hydrogen) atoms. The van der Waals surface area contributed by atoms with Crippen molar-refractivity contribution < 1.29 is 37.8 Å². The second kappa shape index (κ2) is 14.2. The maximum absolute atomic E-state index is 13.8. The van der Waals surface area contributed by atoms with Gasteiger partial charge in [-0.25, -0.2) is 4.39 Å². The van der Waals surface area contributed by atoms with Crippen LogP contribution in [0.25, 0.3) is 0 Å². The Balaban J connectivity index is 1.27. The van der Waals surface area contributed by atoms with Gasteiger partial charge in [-0.3, -0.25) is 19.2 Å². The third kappa shape index (κ3) is 7.89. The Bertz CT molecular complexity index is 1620. The van der Waals surface area contributed by atoms with E-state index in [1.165, 1.54) is 24.3 Å². The van der Waals surface area contributed by atoms with Crippen molar-refractivity contribution in [1.82, 2.24) is 20.4 Å². The average molecular weight is 645 g/mol. The number of nitrogens with zero attached hydrogens (tertiary/aromatic N) is 2. The number of carbonyl (C=O) groups is 4. The van der Waals surface area contributed by atoms with Crippen molar-refractivity contribution in [2.75, 3.05) is 39.9 Å². The average Bonchev–Trinajstić information content (AvgIpc) is 3.49. The van der Waals surface area contributed by atoms with Gasteiger partial charge in [0.05, 0.1) is 25.1 Å². The van der Waals surface area contributed by atoms with E-state index in [1.807, 2.05) is 12.1 Å². The molecule has 3 aromatic carbocycles. The Kier molecular flexibility index (Phi) is 9.67. The van der Waals surface area contributed by atoms with Gasteiger partial charge in [0.2, 0.25) is 5.91 Å². The summed E-state index contributed by atoms with van der Waals surface area (Å²) in [5.74, 6) is -0.931. The SMILES string of the molecule is COC1CCN(C(=O)c2cc3cc(c2)C(=O)N[C@H]2CN(C(=O)Cc4ccc(F)cc4)C[C@@H]2Oc2ccc(cc2)CNC(=O)CO3)CC1. The number of amides is 4. The molecular weight excluding hydrogens is 607 g/mol. The molecule has 4 aliphatic heterocycles. The lowest BCUT2D eigenvalue weighted by Gasteiger charge is -2.31. The van der Waals surface area contributed by atoms with Gasteiger partial charge in [0, 0.05) is 44.4 Å². The molecule has 12 heteroatoms. The lowest BCUT2D eigenvalue weighted by Crippen LogP contribution is -2.45. The summed E-state index contributed by atoms with van der Waals surface area (Å²) in [6.07, 6.45) is 0.978. The maximum atomic E-state index is 13.8. The molecule has 0 aromatic heterocycles. The molecule has 0 radical (unpaired) electrons. The molecule has 4 heterocycles. The zero-order valence-electron chi connectivity index (χ0n) is 26.1. The van der Waals surface area contributed by atoms with Gasteiger partial charge < -0.3 is 34.6 Å². The van der Waals surface area contributed by atoms with Crippen LogP contribution in [0.3, 0.4) is 0 Å². The van der Waals surface area contributed by atoms with E-state index >= 15 is 0 Å². The van der Waals surface area contributed by atoms with Gasteiger partial charge in [-0.1, -0.05) is 24.3 Å². The lowest BCUT2D eigenvalue weighted by atomic mass is 10.0. The highest BCUT2D eigenvalue weighted by Gasteiger charge is 2.38. The Morgan fingerprint density at radius 3 is 2.40 bits per heavy atom. The monoisotopic (exact) mass is 644 g/mol. The van der Waals surface area contributed by atoms with Crippen LogP contribution in [0.5, 0.6) is 11.5 Å². The minimum absolute atomic E-state index is 0.0700. The molecule has 7 rings (SSSR count). The predicted octanol–water partition coefficient (Wildman–Crippen LogP) is 2.72. The summed E-state index contributed by atoms with van der Waals surface area (Å²) < 4.78 is 31.0. The van der Waals surface area contributed by atoms with Crippen LogP contribution in [0.4, 0.5) is 4.39 Å². The molecule has 4 aliphatic rings. The van der Waals surface area contributed by atoms with E-state index in [0.717, 1.165) is 5.56 Å². The number of benzene rings is 3. The van der Waals surface area contributed by atoms with Crippen molar-refractivity contribution in [3.8, 4) is 11.5 Å². The van der Waals surface area contributed by atoms with Crippen molar-refractivity contribution in [2.24, 2.45) is 0 Å². The number of nitrogens with one attached hydrogen (secondary N) is 2. The molecule has 4 bridgehead atoms. The van der Waals surface area contributed by atoms with Gasteiger partial charge in [0.25, 0.3) is 17.7 Å². The van der Waals surface area contributed by atoms with Crippen LogP contribution in [0.1, 0.15) is 44.7 Å². The second-order valence-corrected chi connectivity index (χ2v) is 12.0. The van der Waals surface area contributed by atoms with E-state index in [9.17, 15) is 23.6 Å². The highest BCUT2D eigenvalue weighted by atomic mass is 19.1. The first-order chi connectivity index (χ1) is 22.7. The molecule has 3 aromatic rings. The first-order valence-electron chi connectivity index (χ1n) is 15.7. The van der Waals surface area contributed by atoms with Crippen LogP contribution < -0.4 is 20.1 Å². The summed E-state index contributed by atoms with van der Waals surface area (Å²) in [7, 11) is 1.66. The van der Waals surface area contributed by atoms with Crippen molar-refractivity contribution in [3.05, 3.63) is 94.8 Å². The van der Waals surface area contributed by atoms with E-state index < -0.39 is 18.1 Å². The number of hydrogen-bond donors (Lipinski definition) is 2. The number of likely N-dealkylation sites (tertiary alicyclic amines) is 2. The summed E-state index contributed by atoms with van der Waals surface area (Å²) in [5, 5.41) is 5.82. The molecule has 2 atom stereocenters. The third-order valence-corrected chi connectivity index (χ3v) is 8.75. The molecule has 0 unspecified atom stereocenters. The Labute approximate surface area is 272 Å². The quantitative estimate of drug-likeness (QED) is 0.448. The molecule has 246 valence electrons. The highest BCUT2D eigenvalue weighted by molar-refractivity contribution is 6.00. The number of methoxy groups -OCH3 is 1. The van der Waals surface area contributed by atoms with Crippen molar-refractivity contribution in [3.63, 3.8) is 0 Å². The minimum Gasteiger partial charge on any atom is -0.486 e. The van der Waals surface area contributed by atoms with E-state index in [0.29, 0.717) is 37.2 Å². The van der Waals surface area contributed by atoms with E-state index in [4.69, 9.17) is 14.2 Å². The Morgan fingerprint density at radius 1 is 0.936 bits per heavy atom.